The fourth-order valence-corrected chi connectivity index (χ4v) is 2.70. The number of carbonyl (C=O) groups excluding carboxylic acids is 1. The fourth-order valence-electron chi connectivity index (χ4n) is 1.81. The molecule has 0 spiro atoms. The summed E-state index contributed by atoms with van der Waals surface area (Å²) in [6.07, 6.45) is 0. The van der Waals surface area contributed by atoms with E-state index in [9.17, 15) is 13.6 Å². The lowest BCUT2D eigenvalue weighted by atomic mass is 10.1. The molecule has 7 heteroatoms. The molecule has 0 aliphatic rings. The number of nitrogens with two attached hydrogens (primary N) is 1. The molecule has 110 valence electrons. The van der Waals surface area contributed by atoms with Crippen LogP contribution in [-0.4, -0.2) is 5.91 Å². The third-order valence-corrected chi connectivity index (χ3v) is 3.69. The molecule has 0 fully saturated rings. The minimum absolute atomic E-state index is 0.00346. The summed E-state index contributed by atoms with van der Waals surface area (Å²) < 4.78 is 27.4. The number of nitrogen functional groups attached to an aromatic ring is 1. The summed E-state index contributed by atoms with van der Waals surface area (Å²) in [4.78, 5) is 12.1. The summed E-state index contributed by atoms with van der Waals surface area (Å²) in [5, 5.41) is 2.43. The molecule has 0 atom stereocenters. The van der Waals surface area contributed by atoms with Crippen LogP contribution in [0.4, 0.5) is 20.2 Å². The Labute approximate surface area is 133 Å². The van der Waals surface area contributed by atoms with Crippen molar-refractivity contribution in [3.8, 4) is 0 Å². The van der Waals surface area contributed by atoms with Crippen molar-refractivity contribution in [2.24, 2.45) is 0 Å². The maximum Gasteiger partial charge on any atom is 0.258 e. The van der Waals surface area contributed by atoms with Crippen molar-refractivity contribution in [1.82, 2.24) is 0 Å². The second kappa shape index (κ2) is 5.99. The molecule has 1 amide bonds. The summed E-state index contributed by atoms with van der Waals surface area (Å²) >= 11 is 8.95. The first kappa shape index (κ1) is 15.7. The van der Waals surface area contributed by atoms with Gasteiger partial charge in [0.15, 0.2) is 0 Å². The van der Waals surface area contributed by atoms with E-state index in [4.69, 9.17) is 17.3 Å². The fraction of sp³-hybridized carbons (Fsp3) is 0.0714. The van der Waals surface area contributed by atoms with Gasteiger partial charge in [0.05, 0.1) is 16.3 Å². The number of aryl methyl sites for hydroxylation is 1. The van der Waals surface area contributed by atoms with Gasteiger partial charge in [0.2, 0.25) is 0 Å². The molecule has 0 aliphatic heterocycles. The predicted molar refractivity (Wildman–Crippen MR) is 82.6 cm³/mol. The van der Waals surface area contributed by atoms with Crippen molar-refractivity contribution >= 4 is 44.8 Å². The van der Waals surface area contributed by atoms with Gasteiger partial charge < -0.3 is 11.1 Å². The smallest absolute Gasteiger partial charge is 0.258 e. The number of hydrogen-bond donors (Lipinski definition) is 2. The number of nitrogens with one attached hydrogen (secondary N) is 1. The minimum Gasteiger partial charge on any atom is -0.399 e. The Morgan fingerprint density at radius 3 is 2.57 bits per heavy atom. The van der Waals surface area contributed by atoms with Crippen LogP contribution in [0.2, 0.25) is 5.02 Å². The number of hydrogen-bond acceptors (Lipinski definition) is 2. The third kappa shape index (κ3) is 3.33. The Bertz CT molecular complexity index is 714. The first-order valence-electron chi connectivity index (χ1n) is 5.81. The second-order valence-electron chi connectivity index (χ2n) is 4.40. The van der Waals surface area contributed by atoms with E-state index < -0.39 is 17.5 Å². The molecule has 0 saturated carbocycles. The summed E-state index contributed by atoms with van der Waals surface area (Å²) in [5.74, 6) is -1.95. The molecule has 0 unspecified atom stereocenters. The first-order chi connectivity index (χ1) is 9.79. The van der Waals surface area contributed by atoms with Gasteiger partial charge in [-0.05, 0) is 52.7 Å². The number of amides is 1. The molecule has 0 aliphatic carbocycles. The van der Waals surface area contributed by atoms with Crippen LogP contribution in [0.15, 0.2) is 28.7 Å². The van der Waals surface area contributed by atoms with E-state index in [1.807, 2.05) is 0 Å². The van der Waals surface area contributed by atoms with Crippen LogP contribution in [0.5, 0.6) is 0 Å². The number of carbonyl (C=O) groups is 1. The second-order valence-corrected chi connectivity index (χ2v) is 5.66. The number of anilines is 2. The van der Waals surface area contributed by atoms with Crippen LogP contribution in [0.25, 0.3) is 0 Å². The number of rotatable bonds is 2. The van der Waals surface area contributed by atoms with Crippen molar-refractivity contribution in [1.29, 1.82) is 0 Å². The minimum atomic E-state index is -0.725. The molecule has 0 saturated heterocycles. The highest BCUT2D eigenvalue weighted by Crippen LogP contribution is 2.32. The van der Waals surface area contributed by atoms with Crippen molar-refractivity contribution in [3.63, 3.8) is 0 Å². The lowest BCUT2D eigenvalue weighted by Crippen LogP contribution is -2.15. The monoisotopic (exact) mass is 374 g/mol. The molecule has 0 bridgehead atoms. The molecule has 3 nitrogen and oxygen atoms in total. The van der Waals surface area contributed by atoms with E-state index in [1.54, 1.807) is 0 Å². The third-order valence-electron chi connectivity index (χ3n) is 2.77. The van der Waals surface area contributed by atoms with Gasteiger partial charge in [-0.2, -0.15) is 0 Å². The van der Waals surface area contributed by atoms with Crippen LogP contribution in [0.1, 0.15) is 15.9 Å². The lowest BCUT2D eigenvalue weighted by Gasteiger charge is -2.11. The van der Waals surface area contributed by atoms with Crippen LogP contribution in [0.3, 0.4) is 0 Å². The lowest BCUT2D eigenvalue weighted by molar-refractivity contribution is 0.102. The van der Waals surface area contributed by atoms with E-state index in [1.165, 1.54) is 19.1 Å². The normalized spacial score (nSPS) is 10.5. The number of halogens is 4. The van der Waals surface area contributed by atoms with Gasteiger partial charge in [-0.15, -0.1) is 0 Å². The van der Waals surface area contributed by atoms with Gasteiger partial charge in [0.25, 0.3) is 5.91 Å². The standard InChI is InChI=1S/C14H10BrClF2N2O/c1-6-2-8(19)5-9(12(6)18)14(21)20-13-10(15)3-7(17)4-11(13)16/h2-5H,19H2,1H3,(H,20,21). The Balaban J connectivity index is 2.40. The molecule has 2 aromatic carbocycles. The Hall–Kier alpha value is -1.66. The molecule has 21 heavy (non-hydrogen) atoms. The van der Waals surface area contributed by atoms with E-state index in [0.29, 0.717) is 0 Å². The van der Waals surface area contributed by atoms with Crippen LogP contribution in [-0.2, 0) is 0 Å². The summed E-state index contributed by atoms with van der Waals surface area (Å²) in [7, 11) is 0. The summed E-state index contributed by atoms with van der Waals surface area (Å²) in [5.41, 5.74) is 6.08. The van der Waals surface area contributed by atoms with E-state index in [-0.39, 0.29) is 32.0 Å². The van der Waals surface area contributed by atoms with Gasteiger partial charge >= 0.3 is 0 Å². The zero-order valence-corrected chi connectivity index (χ0v) is 13.1. The topological polar surface area (TPSA) is 55.1 Å². The van der Waals surface area contributed by atoms with Gasteiger partial charge in [0, 0.05) is 10.2 Å². The van der Waals surface area contributed by atoms with Gasteiger partial charge in [0.1, 0.15) is 11.6 Å². The average Bonchev–Trinajstić information content (AvgIpc) is 2.37. The van der Waals surface area contributed by atoms with Crippen LogP contribution in [0, 0.1) is 18.6 Å². The summed E-state index contributed by atoms with van der Waals surface area (Å²) in [6, 6.07) is 4.83. The SMILES string of the molecule is Cc1cc(N)cc(C(=O)Nc2c(Cl)cc(F)cc2Br)c1F. The van der Waals surface area contributed by atoms with E-state index in [0.717, 1.165) is 12.1 Å². The molecule has 3 N–H and O–H groups in total. The van der Waals surface area contributed by atoms with Crippen molar-refractivity contribution in [2.75, 3.05) is 11.1 Å². The highest BCUT2D eigenvalue weighted by atomic mass is 79.9. The summed E-state index contributed by atoms with van der Waals surface area (Å²) in [6.45, 7) is 1.50. The van der Waals surface area contributed by atoms with Crippen LogP contribution >= 0.6 is 27.5 Å². The maximum atomic E-state index is 14.0. The maximum absolute atomic E-state index is 14.0. The van der Waals surface area contributed by atoms with Crippen molar-refractivity contribution in [2.45, 2.75) is 6.92 Å². The molecule has 0 radical (unpaired) electrons. The van der Waals surface area contributed by atoms with Gasteiger partial charge in [-0.25, -0.2) is 8.78 Å². The van der Waals surface area contributed by atoms with Crippen molar-refractivity contribution in [3.05, 3.63) is 56.5 Å². The predicted octanol–water partition coefficient (Wildman–Crippen LogP) is 4.52. The molecule has 2 rings (SSSR count). The largest absolute Gasteiger partial charge is 0.399 e. The average molecular weight is 376 g/mol. The molecular formula is C14H10BrClF2N2O. The van der Waals surface area contributed by atoms with E-state index >= 15 is 0 Å². The molecule has 0 heterocycles. The Kier molecular flexibility index (Phi) is 4.49. The Morgan fingerprint density at radius 2 is 1.95 bits per heavy atom. The van der Waals surface area contributed by atoms with E-state index in [2.05, 4.69) is 21.2 Å². The molecular weight excluding hydrogens is 366 g/mol. The highest BCUT2D eigenvalue weighted by Gasteiger charge is 2.17. The van der Waals surface area contributed by atoms with Crippen molar-refractivity contribution < 1.29 is 13.6 Å². The quantitative estimate of drug-likeness (QED) is 0.758. The zero-order chi connectivity index (χ0) is 15.7. The molecule has 0 aromatic heterocycles. The number of benzene rings is 2. The Morgan fingerprint density at radius 1 is 1.29 bits per heavy atom. The molecule has 2 aromatic rings. The highest BCUT2D eigenvalue weighted by molar-refractivity contribution is 9.10. The van der Waals surface area contributed by atoms with Gasteiger partial charge in [-0.1, -0.05) is 11.6 Å². The van der Waals surface area contributed by atoms with Crippen LogP contribution < -0.4 is 11.1 Å². The zero-order valence-electron chi connectivity index (χ0n) is 10.8. The van der Waals surface area contributed by atoms with Gasteiger partial charge in [-0.3, -0.25) is 4.79 Å². The first-order valence-corrected chi connectivity index (χ1v) is 6.98.